The number of carbonyl (C=O) groups is 1. The number of unbranched alkanes of at least 4 members (excludes halogenated alkanes) is 1. The molecule has 0 amide bonds. The SMILES string of the molecule is CCCCn1c(O)c(C(=O)COc2ccc(C(C)C)cc2)c(C)c(C#N)c1=O. The monoisotopic (exact) mass is 382 g/mol. The molecule has 0 radical (unpaired) electrons. The zero-order valence-corrected chi connectivity index (χ0v) is 16.8. The summed E-state index contributed by atoms with van der Waals surface area (Å²) in [5, 5.41) is 19.9. The molecular formula is C22H26N2O4. The van der Waals surface area contributed by atoms with Gasteiger partial charge >= 0.3 is 0 Å². The molecule has 2 aromatic rings. The lowest BCUT2D eigenvalue weighted by atomic mass is 10.0. The molecule has 0 aliphatic heterocycles. The highest BCUT2D eigenvalue weighted by Gasteiger charge is 2.24. The molecule has 0 saturated heterocycles. The van der Waals surface area contributed by atoms with E-state index in [0.29, 0.717) is 18.1 Å². The number of Topliss-reactive ketones (excluding diaryl/α,β-unsaturated/α-hetero) is 1. The Balaban J connectivity index is 2.31. The highest BCUT2D eigenvalue weighted by atomic mass is 16.5. The number of rotatable bonds is 8. The van der Waals surface area contributed by atoms with E-state index in [4.69, 9.17) is 4.74 Å². The highest BCUT2D eigenvalue weighted by Crippen LogP contribution is 2.24. The lowest BCUT2D eigenvalue weighted by molar-refractivity contribution is 0.0916. The molecule has 6 heteroatoms. The van der Waals surface area contributed by atoms with Gasteiger partial charge in [0.05, 0.1) is 5.56 Å². The quantitative estimate of drug-likeness (QED) is 0.699. The van der Waals surface area contributed by atoms with E-state index < -0.39 is 17.2 Å². The maximum Gasteiger partial charge on any atom is 0.271 e. The molecular weight excluding hydrogens is 356 g/mol. The van der Waals surface area contributed by atoms with Crippen LogP contribution in [0.2, 0.25) is 0 Å². The van der Waals surface area contributed by atoms with Gasteiger partial charge in [0.15, 0.2) is 6.61 Å². The Kier molecular flexibility index (Phi) is 7.00. The van der Waals surface area contributed by atoms with E-state index in [9.17, 15) is 20.0 Å². The number of aromatic hydroxyl groups is 1. The second-order valence-corrected chi connectivity index (χ2v) is 7.06. The molecule has 1 aromatic carbocycles. The van der Waals surface area contributed by atoms with Gasteiger partial charge < -0.3 is 9.84 Å². The molecule has 6 nitrogen and oxygen atoms in total. The molecule has 0 aliphatic rings. The van der Waals surface area contributed by atoms with E-state index in [1.54, 1.807) is 12.1 Å². The van der Waals surface area contributed by atoms with Gasteiger partial charge in [0, 0.05) is 6.54 Å². The Morgan fingerprint density at radius 3 is 2.46 bits per heavy atom. The molecule has 2 rings (SSSR count). The van der Waals surface area contributed by atoms with Crippen LogP contribution in [0.4, 0.5) is 0 Å². The van der Waals surface area contributed by atoms with Crippen LogP contribution < -0.4 is 10.3 Å². The molecule has 0 saturated carbocycles. The van der Waals surface area contributed by atoms with Crippen molar-refractivity contribution in [3.63, 3.8) is 0 Å². The first-order valence-electron chi connectivity index (χ1n) is 9.44. The fourth-order valence-electron chi connectivity index (χ4n) is 2.98. The standard InChI is InChI=1S/C22H26N2O4/c1-5-6-11-24-21(26)18(12-23)15(4)20(22(24)27)19(25)13-28-17-9-7-16(8-10-17)14(2)3/h7-10,14,27H,5-6,11,13H2,1-4H3. The first-order valence-corrected chi connectivity index (χ1v) is 9.44. The minimum Gasteiger partial charge on any atom is -0.494 e. The summed E-state index contributed by atoms with van der Waals surface area (Å²) < 4.78 is 6.66. The number of carbonyl (C=O) groups excluding carboxylic acids is 1. The van der Waals surface area contributed by atoms with Crippen LogP contribution >= 0.6 is 0 Å². The molecule has 0 fully saturated rings. The molecule has 1 aromatic heterocycles. The van der Waals surface area contributed by atoms with Gasteiger partial charge in [-0.05, 0) is 42.5 Å². The maximum absolute atomic E-state index is 12.7. The Bertz CT molecular complexity index is 950. The van der Waals surface area contributed by atoms with E-state index in [1.165, 1.54) is 6.92 Å². The summed E-state index contributed by atoms with van der Waals surface area (Å²) in [5.74, 6) is 0.0435. The zero-order valence-electron chi connectivity index (χ0n) is 16.8. The average molecular weight is 382 g/mol. The fourth-order valence-corrected chi connectivity index (χ4v) is 2.98. The first-order chi connectivity index (χ1) is 13.3. The summed E-state index contributed by atoms with van der Waals surface area (Å²) in [6.45, 7) is 7.57. The number of ketones is 1. The van der Waals surface area contributed by atoms with Crippen LogP contribution in [0.5, 0.6) is 11.6 Å². The van der Waals surface area contributed by atoms with Crippen molar-refractivity contribution in [3.05, 3.63) is 56.9 Å². The van der Waals surface area contributed by atoms with Gasteiger partial charge in [-0.15, -0.1) is 0 Å². The lowest BCUT2D eigenvalue weighted by Gasteiger charge is -2.15. The van der Waals surface area contributed by atoms with Crippen molar-refractivity contribution < 1.29 is 14.6 Å². The number of pyridine rings is 1. The molecule has 148 valence electrons. The highest BCUT2D eigenvalue weighted by molar-refractivity contribution is 6.01. The molecule has 1 heterocycles. The average Bonchev–Trinajstić information content (AvgIpc) is 2.67. The van der Waals surface area contributed by atoms with Crippen LogP contribution in [0.15, 0.2) is 29.1 Å². The summed E-state index contributed by atoms with van der Waals surface area (Å²) in [6.07, 6.45) is 1.45. The number of hydrogen-bond acceptors (Lipinski definition) is 5. The van der Waals surface area contributed by atoms with Crippen LogP contribution in [-0.2, 0) is 6.54 Å². The van der Waals surface area contributed by atoms with E-state index in [-0.39, 0.29) is 29.8 Å². The molecule has 0 bridgehead atoms. The second kappa shape index (κ2) is 9.23. The molecule has 0 spiro atoms. The third-order valence-electron chi connectivity index (χ3n) is 4.73. The molecule has 0 aliphatic carbocycles. The van der Waals surface area contributed by atoms with E-state index >= 15 is 0 Å². The minimum absolute atomic E-state index is 0.0361. The summed E-state index contributed by atoms with van der Waals surface area (Å²) in [6, 6.07) is 9.31. The number of aromatic nitrogens is 1. The summed E-state index contributed by atoms with van der Waals surface area (Å²) in [4.78, 5) is 25.2. The summed E-state index contributed by atoms with van der Waals surface area (Å²) in [7, 11) is 0. The Morgan fingerprint density at radius 1 is 1.29 bits per heavy atom. The van der Waals surface area contributed by atoms with Crippen LogP contribution in [0.3, 0.4) is 0 Å². The Hall–Kier alpha value is -3.07. The van der Waals surface area contributed by atoms with Gasteiger partial charge in [0.1, 0.15) is 17.4 Å². The number of nitrogens with zero attached hydrogens (tertiary/aromatic N) is 2. The Labute approximate surface area is 165 Å². The van der Waals surface area contributed by atoms with Crippen LogP contribution in [-0.4, -0.2) is 22.1 Å². The lowest BCUT2D eigenvalue weighted by Crippen LogP contribution is -2.27. The fraction of sp³-hybridized carbons (Fsp3) is 0.409. The van der Waals surface area contributed by atoms with Crippen molar-refractivity contribution in [2.24, 2.45) is 0 Å². The van der Waals surface area contributed by atoms with Gasteiger partial charge in [-0.3, -0.25) is 14.2 Å². The number of benzene rings is 1. The predicted molar refractivity (Wildman–Crippen MR) is 107 cm³/mol. The third kappa shape index (κ3) is 4.42. The van der Waals surface area contributed by atoms with Gasteiger partial charge in [0.25, 0.3) is 5.56 Å². The normalized spacial score (nSPS) is 10.7. The van der Waals surface area contributed by atoms with Crippen LogP contribution in [0.25, 0.3) is 0 Å². The van der Waals surface area contributed by atoms with Crippen molar-refractivity contribution in [2.45, 2.75) is 53.0 Å². The van der Waals surface area contributed by atoms with Crippen LogP contribution in [0, 0.1) is 18.3 Å². The smallest absolute Gasteiger partial charge is 0.271 e. The summed E-state index contributed by atoms with van der Waals surface area (Å²) >= 11 is 0. The van der Waals surface area contributed by atoms with Gasteiger partial charge in [-0.2, -0.15) is 5.26 Å². The molecule has 0 atom stereocenters. The zero-order chi connectivity index (χ0) is 20.8. The number of hydrogen-bond donors (Lipinski definition) is 1. The van der Waals surface area contributed by atoms with E-state index in [0.717, 1.165) is 16.6 Å². The van der Waals surface area contributed by atoms with Crippen molar-refractivity contribution in [1.82, 2.24) is 4.57 Å². The molecule has 0 unspecified atom stereocenters. The van der Waals surface area contributed by atoms with Crippen LogP contribution in [0.1, 0.15) is 66.6 Å². The third-order valence-corrected chi connectivity index (χ3v) is 4.73. The van der Waals surface area contributed by atoms with Crippen molar-refractivity contribution in [1.29, 1.82) is 5.26 Å². The van der Waals surface area contributed by atoms with E-state index in [1.807, 2.05) is 25.1 Å². The molecule has 1 N–H and O–H groups in total. The Morgan fingerprint density at radius 2 is 1.93 bits per heavy atom. The largest absolute Gasteiger partial charge is 0.494 e. The number of nitriles is 1. The first kappa shape index (κ1) is 21.2. The van der Waals surface area contributed by atoms with Crippen molar-refractivity contribution in [3.8, 4) is 17.7 Å². The summed E-state index contributed by atoms with van der Waals surface area (Å²) in [5.41, 5.74) is 0.604. The minimum atomic E-state index is -0.576. The molecule has 28 heavy (non-hydrogen) atoms. The topological polar surface area (TPSA) is 92.3 Å². The predicted octanol–water partition coefficient (Wildman–Crippen LogP) is 3.92. The van der Waals surface area contributed by atoms with Gasteiger partial charge in [-0.1, -0.05) is 39.3 Å². The van der Waals surface area contributed by atoms with Gasteiger partial charge in [0.2, 0.25) is 11.7 Å². The van der Waals surface area contributed by atoms with Crippen molar-refractivity contribution in [2.75, 3.05) is 6.61 Å². The maximum atomic E-state index is 12.7. The van der Waals surface area contributed by atoms with Crippen molar-refractivity contribution >= 4 is 5.78 Å². The van der Waals surface area contributed by atoms with E-state index in [2.05, 4.69) is 13.8 Å². The number of ether oxygens (including phenoxy) is 1. The second-order valence-electron chi connectivity index (χ2n) is 7.06. The van der Waals surface area contributed by atoms with Gasteiger partial charge in [-0.25, -0.2) is 0 Å².